The van der Waals surface area contributed by atoms with Crippen LogP contribution in [0, 0.1) is 11.7 Å². The summed E-state index contributed by atoms with van der Waals surface area (Å²) in [5.74, 6) is -2.03. The standard InChI is InChI=1S/C45H55FN8O8/c1-4-51-25-34(43(57)58)42(56)33-23-35(46)39(24-38(33)51)52-18-20-53(21-19-52)45(60)62-28-32-15-13-30(14-16-32)22-40(55)37(12-8-9-17-47)54-26-36(49-50-54)41(29(2)3)48-44(59)61-27-31-10-6-5-7-11-31/h5-7,10-11,13-16,23-26,29,37,41,49-50H,4,8-9,12,17-22,27-28,47H2,1-3H3,(H,48,59)(H,57,58)/t37-,41-/m0/s1. The second kappa shape index (κ2) is 20.9. The zero-order valence-corrected chi connectivity index (χ0v) is 35.3. The number of halogens is 1. The number of aromatic carboxylic acids is 1. The van der Waals surface area contributed by atoms with Crippen molar-refractivity contribution in [1.29, 1.82) is 0 Å². The second-order valence-electron chi connectivity index (χ2n) is 15.7. The van der Waals surface area contributed by atoms with Crippen molar-refractivity contribution in [3.63, 3.8) is 0 Å². The molecule has 17 heteroatoms. The Morgan fingerprint density at radius 1 is 0.919 bits per heavy atom. The molecule has 2 amide bonds. The van der Waals surface area contributed by atoms with Crippen LogP contribution in [-0.2, 0) is 40.4 Å². The molecule has 0 radical (unpaired) electrons. The highest BCUT2D eigenvalue weighted by molar-refractivity contribution is 5.93. The summed E-state index contributed by atoms with van der Waals surface area (Å²) in [5, 5.41) is 14.1. The fourth-order valence-corrected chi connectivity index (χ4v) is 7.60. The van der Waals surface area contributed by atoms with Crippen molar-refractivity contribution >= 4 is 40.5 Å². The van der Waals surface area contributed by atoms with Crippen LogP contribution in [0.3, 0.4) is 0 Å². The van der Waals surface area contributed by atoms with Crippen molar-refractivity contribution in [2.24, 2.45) is 11.7 Å². The molecule has 4 aromatic rings. The van der Waals surface area contributed by atoms with Crippen molar-refractivity contribution in [2.45, 2.75) is 78.3 Å². The second-order valence-corrected chi connectivity index (χ2v) is 15.7. The number of pyridine rings is 1. The predicted molar refractivity (Wildman–Crippen MR) is 231 cm³/mol. The van der Waals surface area contributed by atoms with Crippen molar-refractivity contribution < 1.29 is 38.1 Å². The number of piperazine rings is 1. The monoisotopic (exact) mass is 854 g/mol. The fraction of sp³-hybridized carbons (Fsp3) is 0.400. The number of ether oxygens (including phenoxy) is 2. The van der Waals surface area contributed by atoms with E-state index in [0.29, 0.717) is 43.8 Å². The van der Waals surface area contributed by atoms with Crippen LogP contribution in [0.15, 0.2) is 89.6 Å². The van der Waals surface area contributed by atoms with E-state index in [0.717, 1.165) is 35.6 Å². The Bertz CT molecular complexity index is 2310. The molecule has 62 heavy (non-hydrogen) atoms. The van der Waals surface area contributed by atoms with Gasteiger partial charge in [0.25, 0.3) is 0 Å². The Balaban J connectivity index is 1.01. The molecule has 16 nitrogen and oxygen atoms in total. The van der Waals surface area contributed by atoms with Gasteiger partial charge in [0.05, 0.1) is 22.9 Å². The highest BCUT2D eigenvalue weighted by Gasteiger charge is 2.32. The number of Topliss-reactive ketones (excluding diaryl/α,β-unsaturated/α-hetero) is 1. The highest BCUT2D eigenvalue weighted by Crippen LogP contribution is 2.27. The first-order valence-electron chi connectivity index (χ1n) is 20.9. The molecule has 1 fully saturated rings. The lowest BCUT2D eigenvalue weighted by Gasteiger charge is -2.35. The van der Waals surface area contributed by atoms with E-state index in [4.69, 9.17) is 15.2 Å². The average molecular weight is 855 g/mol. The molecule has 1 aromatic heterocycles. The lowest BCUT2D eigenvalue weighted by atomic mass is 9.98. The van der Waals surface area contributed by atoms with Gasteiger partial charge in [-0.15, -0.1) is 5.53 Å². The third-order valence-electron chi connectivity index (χ3n) is 11.1. The highest BCUT2D eigenvalue weighted by atomic mass is 19.1. The summed E-state index contributed by atoms with van der Waals surface area (Å²) in [5.41, 5.74) is 14.7. The maximum Gasteiger partial charge on any atom is 0.410 e. The summed E-state index contributed by atoms with van der Waals surface area (Å²) in [6.45, 7) is 8.00. The maximum absolute atomic E-state index is 15.4. The van der Waals surface area contributed by atoms with Gasteiger partial charge in [0.2, 0.25) is 5.43 Å². The van der Waals surface area contributed by atoms with Crippen molar-refractivity contribution in [2.75, 3.05) is 37.6 Å². The van der Waals surface area contributed by atoms with Gasteiger partial charge in [-0.1, -0.05) is 68.4 Å². The van der Waals surface area contributed by atoms with Gasteiger partial charge < -0.3 is 45.4 Å². The number of unbranched alkanes of at least 4 members (excludes halogenated alkanes) is 1. The van der Waals surface area contributed by atoms with Crippen LogP contribution in [0.1, 0.15) is 67.1 Å². The number of ketones is 1. The summed E-state index contributed by atoms with van der Waals surface area (Å²) in [7, 11) is 0. The minimum absolute atomic E-state index is 0.00488. The van der Waals surface area contributed by atoms with E-state index in [1.165, 1.54) is 6.20 Å². The molecular weight excluding hydrogens is 800 g/mol. The summed E-state index contributed by atoms with van der Waals surface area (Å²) in [6, 6.07) is 18.4. The average Bonchev–Trinajstić information content (AvgIpc) is 3.75. The molecule has 0 bridgehead atoms. The van der Waals surface area contributed by atoms with Crippen molar-refractivity contribution in [3.8, 4) is 0 Å². The molecule has 0 aliphatic carbocycles. The number of rotatable bonds is 18. The molecule has 6 N–H and O–H groups in total. The zero-order valence-electron chi connectivity index (χ0n) is 35.3. The number of hydrogen-bond donors (Lipinski definition) is 5. The Kier molecular flexibility index (Phi) is 15.2. The first-order valence-corrected chi connectivity index (χ1v) is 20.9. The number of carbonyl (C=O) groups is 4. The number of hydrazine groups is 2. The number of nitrogens with two attached hydrogens (primary N) is 1. The number of nitrogens with zero attached hydrogens (tertiary/aromatic N) is 4. The van der Waals surface area contributed by atoms with E-state index >= 15 is 4.39 Å². The molecule has 0 spiro atoms. The SMILES string of the molecule is CCn1cc(C(=O)O)c(=O)c2cc(F)c(N3CCN(C(=O)OCc4ccc(CC(=O)[C@H](CCCCN)N5C=C([C@@H](NC(=O)OCc6ccccc6)C(C)C)NN5)cc4)CC3)cc21. The molecule has 0 unspecified atom stereocenters. The van der Waals surface area contributed by atoms with Crippen LogP contribution >= 0.6 is 0 Å². The van der Waals surface area contributed by atoms with E-state index in [1.807, 2.05) is 74.6 Å². The van der Waals surface area contributed by atoms with Gasteiger partial charge in [0.15, 0.2) is 5.78 Å². The van der Waals surface area contributed by atoms with Crippen LogP contribution in [0.25, 0.3) is 10.9 Å². The number of amides is 2. The molecule has 2 atom stereocenters. The topological polar surface area (TPSA) is 201 Å². The Morgan fingerprint density at radius 3 is 2.26 bits per heavy atom. The van der Waals surface area contributed by atoms with Crippen LogP contribution in [0.4, 0.5) is 19.7 Å². The smallest absolute Gasteiger partial charge is 0.410 e. The van der Waals surface area contributed by atoms with Crippen LogP contribution in [0.2, 0.25) is 0 Å². The number of alkyl carbamates (subject to hydrolysis) is 1. The number of hydrogen-bond acceptors (Lipinski definition) is 12. The number of anilines is 1. The van der Waals surface area contributed by atoms with Gasteiger partial charge in [-0.05, 0) is 67.5 Å². The number of carboxylic acid groups (broad SMARTS) is 1. The number of nitrogens with one attached hydrogen (secondary N) is 3. The molecule has 3 aromatic carbocycles. The molecule has 2 aliphatic heterocycles. The number of carbonyl (C=O) groups excluding carboxylic acids is 3. The molecular formula is C45H55FN8O8. The first-order chi connectivity index (χ1) is 29.9. The third kappa shape index (κ3) is 11.1. The fourth-order valence-electron chi connectivity index (χ4n) is 7.60. The Hall–Kier alpha value is -6.46. The van der Waals surface area contributed by atoms with Crippen molar-refractivity contribution in [1.82, 2.24) is 30.8 Å². The molecule has 1 saturated heterocycles. The van der Waals surface area contributed by atoms with E-state index in [2.05, 4.69) is 16.3 Å². The van der Waals surface area contributed by atoms with E-state index < -0.39 is 47.0 Å². The predicted octanol–water partition coefficient (Wildman–Crippen LogP) is 5.04. The van der Waals surface area contributed by atoms with Gasteiger partial charge in [0, 0.05) is 56.9 Å². The van der Waals surface area contributed by atoms with Crippen LogP contribution in [-0.4, -0.2) is 88.3 Å². The molecule has 6 rings (SSSR count). The molecule has 2 aliphatic rings. The lowest BCUT2D eigenvalue weighted by Crippen LogP contribution is -2.49. The summed E-state index contributed by atoms with van der Waals surface area (Å²) in [6.07, 6.45) is 4.25. The zero-order chi connectivity index (χ0) is 44.3. The first kappa shape index (κ1) is 45.1. The number of aromatic nitrogens is 1. The largest absolute Gasteiger partial charge is 0.477 e. The van der Waals surface area contributed by atoms with Gasteiger partial charge in [0.1, 0.15) is 30.6 Å². The van der Waals surface area contributed by atoms with E-state index in [-0.39, 0.29) is 55.5 Å². The van der Waals surface area contributed by atoms with E-state index in [1.54, 1.807) is 32.4 Å². The van der Waals surface area contributed by atoms with Crippen LogP contribution in [0.5, 0.6) is 0 Å². The molecule has 0 saturated carbocycles. The molecule has 330 valence electrons. The van der Waals surface area contributed by atoms with Gasteiger partial charge in [-0.25, -0.2) is 18.8 Å². The maximum atomic E-state index is 15.4. The number of aryl methyl sites for hydroxylation is 1. The van der Waals surface area contributed by atoms with Crippen molar-refractivity contribution in [3.05, 3.63) is 123 Å². The van der Waals surface area contributed by atoms with Gasteiger partial charge in [-0.2, -0.15) is 0 Å². The van der Waals surface area contributed by atoms with E-state index in [9.17, 15) is 29.1 Å². The van der Waals surface area contributed by atoms with Gasteiger partial charge in [-0.3, -0.25) is 14.6 Å². The van der Waals surface area contributed by atoms with Crippen LogP contribution < -0.4 is 32.3 Å². The normalized spacial score (nSPS) is 14.9. The number of fused-ring (bicyclic) bond motifs is 1. The molecule has 3 heterocycles. The quantitative estimate of drug-likeness (QED) is 0.0835. The van der Waals surface area contributed by atoms with Gasteiger partial charge >= 0.3 is 18.2 Å². The summed E-state index contributed by atoms with van der Waals surface area (Å²) < 4.78 is 28.0. The third-order valence-corrected chi connectivity index (χ3v) is 11.1. The summed E-state index contributed by atoms with van der Waals surface area (Å²) in [4.78, 5) is 67.3. The lowest BCUT2D eigenvalue weighted by molar-refractivity contribution is -0.124. The number of carboxylic acids is 1. The minimum Gasteiger partial charge on any atom is -0.477 e. The Morgan fingerprint density at radius 2 is 1.60 bits per heavy atom. The summed E-state index contributed by atoms with van der Waals surface area (Å²) >= 11 is 0. The number of benzene rings is 3. The minimum atomic E-state index is -1.37. The Labute approximate surface area is 359 Å².